The zero-order valence-electron chi connectivity index (χ0n) is 11.9. The monoisotopic (exact) mass is 311 g/mol. The summed E-state index contributed by atoms with van der Waals surface area (Å²) in [4.78, 5) is 12.7. The number of benzene rings is 1. The van der Waals surface area contributed by atoms with Crippen LogP contribution in [0.5, 0.6) is 0 Å². The number of halogens is 2. The number of carbonyl (C=O) groups excluding carboxylic acids is 1. The molecular formula is C15H15F2NO2S. The van der Waals surface area contributed by atoms with Crippen LogP contribution < -0.4 is 5.73 Å². The first-order valence-corrected chi connectivity index (χ1v) is 7.07. The van der Waals surface area contributed by atoms with Crippen LogP contribution in [-0.2, 0) is 4.74 Å². The van der Waals surface area contributed by atoms with Gasteiger partial charge in [-0.05, 0) is 39.0 Å². The lowest BCUT2D eigenvalue weighted by molar-refractivity contribution is 0.00764. The minimum Gasteiger partial charge on any atom is -0.456 e. The van der Waals surface area contributed by atoms with Crippen molar-refractivity contribution in [2.45, 2.75) is 26.4 Å². The Morgan fingerprint density at radius 2 is 1.90 bits per heavy atom. The zero-order valence-corrected chi connectivity index (χ0v) is 12.7. The van der Waals surface area contributed by atoms with Crippen molar-refractivity contribution >= 4 is 23.0 Å². The molecule has 1 aromatic heterocycles. The highest BCUT2D eigenvalue weighted by atomic mass is 32.1. The van der Waals surface area contributed by atoms with Crippen LogP contribution in [0.2, 0.25) is 0 Å². The fraction of sp³-hybridized carbons (Fsp3) is 0.267. The van der Waals surface area contributed by atoms with Gasteiger partial charge in [-0.1, -0.05) is 0 Å². The summed E-state index contributed by atoms with van der Waals surface area (Å²) in [7, 11) is 0. The molecule has 6 heteroatoms. The van der Waals surface area contributed by atoms with Crippen LogP contribution in [0.3, 0.4) is 0 Å². The third-order valence-electron chi connectivity index (χ3n) is 2.54. The number of rotatable bonds is 2. The Balaban J connectivity index is 2.37. The average Bonchev–Trinajstić information content (AvgIpc) is 2.68. The molecule has 0 aliphatic carbocycles. The van der Waals surface area contributed by atoms with Crippen molar-refractivity contribution in [1.82, 2.24) is 0 Å². The van der Waals surface area contributed by atoms with Gasteiger partial charge in [0.1, 0.15) is 22.1 Å². The lowest BCUT2D eigenvalue weighted by Crippen LogP contribution is -2.23. The first-order chi connectivity index (χ1) is 9.67. The molecule has 2 aromatic rings. The Morgan fingerprint density at radius 1 is 1.24 bits per heavy atom. The van der Waals surface area contributed by atoms with Crippen LogP contribution in [0.25, 0.3) is 10.4 Å². The van der Waals surface area contributed by atoms with Crippen molar-refractivity contribution in [2.75, 3.05) is 5.73 Å². The van der Waals surface area contributed by atoms with Crippen LogP contribution in [-0.4, -0.2) is 11.6 Å². The standard InChI is InChI=1S/C15H15F2NO2S/c1-15(2,3)20-14(19)13-11(18)7-12(21-13)9-5-4-8(16)6-10(9)17/h4-7H,18H2,1-3H3. The molecule has 2 N–H and O–H groups in total. The number of nitrogen functional groups attached to an aromatic ring is 1. The maximum atomic E-state index is 13.8. The molecule has 2 rings (SSSR count). The summed E-state index contributed by atoms with van der Waals surface area (Å²) in [6, 6.07) is 4.74. The lowest BCUT2D eigenvalue weighted by Gasteiger charge is -2.18. The lowest BCUT2D eigenvalue weighted by atomic mass is 10.1. The van der Waals surface area contributed by atoms with Gasteiger partial charge >= 0.3 is 5.97 Å². The van der Waals surface area contributed by atoms with Gasteiger partial charge in [0.25, 0.3) is 0 Å². The molecule has 1 heterocycles. The van der Waals surface area contributed by atoms with Crippen LogP contribution in [0.1, 0.15) is 30.4 Å². The minimum absolute atomic E-state index is 0.197. The van der Waals surface area contributed by atoms with E-state index in [9.17, 15) is 13.6 Å². The van der Waals surface area contributed by atoms with Gasteiger partial charge in [0.2, 0.25) is 0 Å². The molecule has 0 aliphatic heterocycles. The summed E-state index contributed by atoms with van der Waals surface area (Å²) in [5.41, 5.74) is 5.56. The number of esters is 1. The minimum atomic E-state index is -0.702. The molecule has 0 saturated carbocycles. The van der Waals surface area contributed by atoms with Crippen LogP contribution >= 0.6 is 11.3 Å². The van der Waals surface area contributed by atoms with E-state index in [4.69, 9.17) is 10.5 Å². The summed E-state index contributed by atoms with van der Waals surface area (Å²) in [5.74, 6) is -1.92. The SMILES string of the molecule is CC(C)(C)OC(=O)c1sc(-c2ccc(F)cc2F)cc1N. The van der Waals surface area contributed by atoms with Crippen molar-refractivity contribution in [3.05, 3.63) is 40.8 Å². The average molecular weight is 311 g/mol. The summed E-state index contributed by atoms with van der Waals surface area (Å²) in [6.45, 7) is 5.24. The van der Waals surface area contributed by atoms with Crippen molar-refractivity contribution < 1.29 is 18.3 Å². The highest BCUT2D eigenvalue weighted by Gasteiger charge is 2.23. The highest BCUT2D eigenvalue weighted by molar-refractivity contribution is 7.18. The largest absolute Gasteiger partial charge is 0.456 e. The first-order valence-electron chi connectivity index (χ1n) is 6.25. The molecule has 1 aromatic carbocycles. The van der Waals surface area contributed by atoms with Gasteiger partial charge in [-0.25, -0.2) is 13.6 Å². The number of carbonyl (C=O) groups is 1. The van der Waals surface area contributed by atoms with Gasteiger partial charge in [-0.2, -0.15) is 0 Å². The number of ether oxygens (including phenoxy) is 1. The molecule has 0 saturated heterocycles. The van der Waals surface area contributed by atoms with E-state index in [-0.39, 0.29) is 16.1 Å². The number of hydrogen-bond donors (Lipinski definition) is 1. The molecule has 0 bridgehead atoms. The van der Waals surface area contributed by atoms with E-state index in [0.717, 1.165) is 23.5 Å². The predicted molar refractivity (Wildman–Crippen MR) is 79.3 cm³/mol. The van der Waals surface area contributed by atoms with E-state index >= 15 is 0 Å². The van der Waals surface area contributed by atoms with Gasteiger partial charge < -0.3 is 10.5 Å². The normalized spacial score (nSPS) is 11.5. The van der Waals surface area contributed by atoms with E-state index in [1.54, 1.807) is 20.8 Å². The van der Waals surface area contributed by atoms with Crippen LogP contribution in [0.15, 0.2) is 24.3 Å². The molecule has 3 nitrogen and oxygen atoms in total. The van der Waals surface area contributed by atoms with Crippen LogP contribution in [0, 0.1) is 11.6 Å². The van der Waals surface area contributed by atoms with E-state index in [1.807, 2.05) is 0 Å². The summed E-state index contributed by atoms with van der Waals surface area (Å²) in [5, 5.41) is 0. The second kappa shape index (κ2) is 5.44. The zero-order chi connectivity index (χ0) is 15.8. The molecule has 0 atom stereocenters. The summed E-state index contributed by atoms with van der Waals surface area (Å²) in [6.07, 6.45) is 0. The Hall–Kier alpha value is -1.95. The first kappa shape index (κ1) is 15.4. The van der Waals surface area contributed by atoms with Gasteiger partial charge in [0.05, 0.1) is 5.69 Å². The number of anilines is 1. The summed E-state index contributed by atoms with van der Waals surface area (Å²) >= 11 is 1.02. The van der Waals surface area contributed by atoms with Crippen molar-refractivity contribution in [3.8, 4) is 10.4 Å². The Labute approximate surface area is 125 Å². The molecule has 0 radical (unpaired) electrons. The second-order valence-electron chi connectivity index (χ2n) is 5.52. The number of nitrogens with two attached hydrogens (primary N) is 1. The maximum Gasteiger partial charge on any atom is 0.350 e. The third kappa shape index (κ3) is 3.58. The van der Waals surface area contributed by atoms with E-state index in [0.29, 0.717) is 4.88 Å². The van der Waals surface area contributed by atoms with Crippen LogP contribution in [0.4, 0.5) is 14.5 Å². The second-order valence-corrected chi connectivity index (χ2v) is 6.57. The molecule has 0 unspecified atom stereocenters. The molecular weight excluding hydrogens is 296 g/mol. The van der Waals surface area contributed by atoms with Crippen molar-refractivity contribution in [3.63, 3.8) is 0 Å². The topological polar surface area (TPSA) is 52.3 Å². The number of hydrogen-bond acceptors (Lipinski definition) is 4. The molecule has 0 fully saturated rings. The van der Waals surface area contributed by atoms with E-state index < -0.39 is 23.2 Å². The maximum absolute atomic E-state index is 13.8. The fourth-order valence-electron chi connectivity index (χ4n) is 1.71. The number of thiophene rings is 1. The van der Waals surface area contributed by atoms with Crippen molar-refractivity contribution in [2.24, 2.45) is 0 Å². The van der Waals surface area contributed by atoms with Gasteiger partial charge in [-0.3, -0.25) is 0 Å². The van der Waals surface area contributed by atoms with E-state index in [1.165, 1.54) is 12.1 Å². The molecule has 21 heavy (non-hydrogen) atoms. The van der Waals surface area contributed by atoms with E-state index in [2.05, 4.69) is 0 Å². The quantitative estimate of drug-likeness (QED) is 0.844. The highest BCUT2D eigenvalue weighted by Crippen LogP contribution is 2.35. The predicted octanol–water partition coefficient (Wildman–Crippen LogP) is 4.23. The van der Waals surface area contributed by atoms with Gasteiger partial charge in [0.15, 0.2) is 0 Å². The molecule has 0 aliphatic rings. The Bertz CT molecular complexity index is 689. The van der Waals surface area contributed by atoms with Crippen molar-refractivity contribution in [1.29, 1.82) is 0 Å². The third-order valence-corrected chi connectivity index (χ3v) is 3.71. The Kier molecular flexibility index (Phi) is 4.00. The van der Waals surface area contributed by atoms with Gasteiger partial charge in [0, 0.05) is 16.5 Å². The van der Waals surface area contributed by atoms with Gasteiger partial charge in [-0.15, -0.1) is 11.3 Å². The Morgan fingerprint density at radius 3 is 2.48 bits per heavy atom. The summed E-state index contributed by atoms with van der Waals surface area (Å²) < 4.78 is 31.9. The molecule has 112 valence electrons. The fourth-order valence-corrected chi connectivity index (χ4v) is 2.69. The molecule has 0 amide bonds. The smallest absolute Gasteiger partial charge is 0.350 e. The molecule has 0 spiro atoms.